The molecule has 0 fully saturated rings. The maximum absolute atomic E-state index is 12.0. The molecule has 19 heavy (non-hydrogen) atoms. The van der Waals surface area contributed by atoms with Gasteiger partial charge in [-0.25, -0.2) is 4.98 Å². The van der Waals surface area contributed by atoms with Crippen molar-refractivity contribution in [3.63, 3.8) is 0 Å². The van der Waals surface area contributed by atoms with Crippen LogP contribution in [0.2, 0.25) is 0 Å². The number of carbonyl (C=O) groups is 1. The Labute approximate surface area is 113 Å². The van der Waals surface area contributed by atoms with Crippen LogP contribution in [0.15, 0.2) is 6.20 Å². The zero-order valence-corrected chi connectivity index (χ0v) is 11.7. The lowest BCUT2D eigenvalue weighted by Crippen LogP contribution is -2.45. The molecule has 1 aromatic heterocycles. The average Bonchev–Trinajstić information content (AvgIpc) is 2.71. The van der Waals surface area contributed by atoms with Gasteiger partial charge in [0.2, 0.25) is 5.91 Å². The highest BCUT2D eigenvalue weighted by Crippen LogP contribution is 2.19. The fourth-order valence-electron chi connectivity index (χ4n) is 1.43. The molecule has 8 heteroatoms. The summed E-state index contributed by atoms with van der Waals surface area (Å²) in [5.41, 5.74) is 0. The highest BCUT2D eigenvalue weighted by Gasteiger charge is 2.29. The molecule has 0 aliphatic rings. The van der Waals surface area contributed by atoms with Crippen molar-refractivity contribution in [1.29, 1.82) is 0 Å². The minimum atomic E-state index is -4.40. The average molecular weight is 295 g/mol. The number of thiazole rings is 1. The van der Waals surface area contributed by atoms with E-state index in [2.05, 4.69) is 10.3 Å². The second-order valence-electron chi connectivity index (χ2n) is 4.25. The Hall–Kier alpha value is -1.15. The van der Waals surface area contributed by atoms with Crippen molar-refractivity contribution in [1.82, 2.24) is 15.6 Å². The van der Waals surface area contributed by atoms with Crippen molar-refractivity contribution >= 4 is 17.2 Å². The standard InChI is InChI=1S/C11H16F3N3OS/c1-6-4-15-10(19-6)8(3)17-7(2)9(18)16-5-11(12,13)14/h4,7-8,17H,5H2,1-3H3,(H,16,18). The van der Waals surface area contributed by atoms with Crippen molar-refractivity contribution in [3.8, 4) is 0 Å². The third kappa shape index (κ3) is 5.56. The van der Waals surface area contributed by atoms with E-state index in [1.54, 1.807) is 6.20 Å². The Morgan fingerprint density at radius 1 is 1.47 bits per heavy atom. The second-order valence-corrected chi connectivity index (χ2v) is 5.52. The third-order valence-corrected chi connectivity index (χ3v) is 3.46. The smallest absolute Gasteiger partial charge is 0.346 e. The summed E-state index contributed by atoms with van der Waals surface area (Å²) in [5, 5.41) is 5.55. The first kappa shape index (κ1) is 15.9. The third-order valence-electron chi connectivity index (χ3n) is 2.37. The number of aromatic nitrogens is 1. The molecule has 0 aromatic carbocycles. The van der Waals surface area contributed by atoms with E-state index >= 15 is 0 Å². The van der Waals surface area contributed by atoms with Gasteiger partial charge in [-0.05, 0) is 20.8 Å². The molecule has 2 unspecified atom stereocenters. The van der Waals surface area contributed by atoms with Crippen molar-refractivity contribution in [3.05, 3.63) is 16.1 Å². The van der Waals surface area contributed by atoms with Gasteiger partial charge in [-0.2, -0.15) is 13.2 Å². The lowest BCUT2D eigenvalue weighted by Gasteiger charge is -2.18. The van der Waals surface area contributed by atoms with Crippen molar-refractivity contribution in [2.24, 2.45) is 0 Å². The molecule has 1 amide bonds. The fraction of sp³-hybridized carbons (Fsp3) is 0.636. The summed E-state index contributed by atoms with van der Waals surface area (Å²) < 4.78 is 35.9. The zero-order valence-electron chi connectivity index (χ0n) is 10.8. The Kier molecular flexibility index (Phi) is 5.30. The van der Waals surface area contributed by atoms with Crippen LogP contribution in [0.4, 0.5) is 13.2 Å². The summed E-state index contributed by atoms with van der Waals surface area (Å²) in [7, 11) is 0. The predicted molar refractivity (Wildman–Crippen MR) is 66.9 cm³/mol. The molecule has 4 nitrogen and oxygen atoms in total. The van der Waals surface area contributed by atoms with E-state index < -0.39 is 24.7 Å². The summed E-state index contributed by atoms with van der Waals surface area (Å²) >= 11 is 1.48. The molecule has 108 valence electrons. The van der Waals surface area contributed by atoms with Gasteiger partial charge in [0.05, 0.1) is 12.1 Å². The molecule has 0 saturated carbocycles. The van der Waals surface area contributed by atoms with Crippen LogP contribution >= 0.6 is 11.3 Å². The predicted octanol–water partition coefficient (Wildman–Crippen LogP) is 2.17. The summed E-state index contributed by atoms with van der Waals surface area (Å²) in [6, 6.07) is -0.910. The van der Waals surface area contributed by atoms with Gasteiger partial charge in [0.1, 0.15) is 11.6 Å². The van der Waals surface area contributed by atoms with Gasteiger partial charge in [0.15, 0.2) is 0 Å². The number of carbonyl (C=O) groups excluding carboxylic acids is 1. The van der Waals surface area contributed by atoms with Crippen LogP contribution in [0, 0.1) is 6.92 Å². The molecule has 2 atom stereocenters. The number of hydrogen-bond acceptors (Lipinski definition) is 4. The lowest BCUT2D eigenvalue weighted by molar-refractivity contribution is -0.139. The largest absolute Gasteiger partial charge is 0.405 e. The van der Waals surface area contributed by atoms with Crippen LogP contribution in [-0.4, -0.2) is 29.7 Å². The minimum Gasteiger partial charge on any atom is -0.346 e. The molecule has 0 spiro atoms. The van der Waals surface area contributed by atoms with Gasteiger partial charge in [0.25, 0.3) is 0 Å². The number of nitrogens with zero attached hydrogens (tertiary/aromatic N) is 1. The summed E-state index contributed by atoms with van der Waals surface area (Å²) in [5.74, 6) is -0.683. The number of amides is 1. The van der Waals surface area contributed by atoms with Crippen LogP contribution in [0.1, 0.15) is 29.8 Å². The highest BCUT2D eigenvalue weighted by molar-refractivity contribution is 7.11. The SMILES string of the molecule is Cc1cnc(C(C)NC(C)C(=O)NCC(F)(F)F)s1. The van der Waals surface area contributed by atoms with E-state index in [-0.39, 0.29) is 6.04 Å². The molecule has 2 N–H and O–H groups in total. The van der Waals surface area contributed by atoms with Crippen LogP contribution in [-0.2, 0) is 4.79 Å². The monoisotopic (exact) mass is 295 g/mol. The van der Waals surface area contributed by atoms with E-state index in [1.807, 2.05) is 19.2 Å². The Morgan fingerprint density at radius 3 is 2.58 bits per heavy atom. The molecule has 0 radical (unpaired) electrons. The topological polar surface area (TPSA) is 54.0 Å². The second kappa shape index (κ2) is 6.33. The summed E-state index contributed by atoms with van der Waals surface area (Å²) in [6.07, 6.45) is -2.68. The van der Waals surface area contributed by atoms with E-state index in [9.17, 15) is 18.0 Å². The molecular weight excluding hydrogens is 279 g/mol. The van der Waals surface area contributed by atoms with Crippen molar-refractivity contribution in [2.45, 2.75) is 39.0 Å². The summed E-state index contributed by atoms with van der Waals surface area (Å²) in [6.45, 7) is 3.92. The summed E-state index contributed by atoms with van der Waals surface area (Å²) in [4.78, 5) is 16.7. The molecular formula is C11H16F3N3OS. The first-order valence-electron chi connectivity index (χ1n) is 5.72. The number of rotatable bonds is 5. The van der Waals surface area contributed by atoms with Gasteiger partial charge in [-0.1, -0.05) is 0 Å². The Bertz CT molecular complexity index is 433. The van der Waals surface area contributed by atoms with Gasteiger partial charge in [-0.15, -0.1) is 11.3 Å². The van der Waals surface area contributed by atoms with Gasteiger partial charge < -0.3 is 5.32 Å². The van der Waals surface area contributed by atoms with Crippen LogP contribution < -0.4 is 10.6 Å². The molecule has 1 rings (SSSR count). The molecule has 1 heterocycles. The normalized spacial score (nSPS) is 15.1. The zero-order chi connectivity index (χ0) is 14.6. The van der Waals surface area contributed by atoms with Gasteiger partial charge >= 0.3 is 6.18 Å². The molecule has 0 aliphatic carbocycles. The molecule has 0 aliphatic heterocycles. The lowest BCUT2D eigenvalue weighted by atomic mass is 10.2. The number of aryl methyl sites for hydroxylation is 1. The van der Waals surface area contributed by atoms with Crippen molar-refractivity contribution in [2.75, 3.05) is 6.54 Å². The van der Waals surface area contributed by atoms with Gasteiger partial charge in [-0.3, -0.25) is 10.1 Å². The maximum Gasteiger partial charge on any atom is 0.405 e. The quantitative estimate of drug-likeness (QED) is 0.875. The number of halogens is 3. The Balaban J connectivity index is 2.45. The number of alkyl halides is 3. The molecule has 1 aromatic rings. The first-order chi connectivity index (χ1) is 8.69. The fourth-order valence-corrected chi connectivity index (χ4v) is 2.22. The highest BCUT2D eigenvalue weighted by atomic mass is 32.1. The van der Waals surface area contributed by atoms with E-state index in [4.69, 9.17) is 0 Å². The Morgan fingerprint density at radius 2 is 2.11 bits per heavy atom. The van der Waals surface area contributed by atoms with E-state index in [1.165, 1.54) is 18.3 Å². The van der Waals surface area contributed by atoms with E-state index in [0.717, 1.165) is 9.88 Å². The minimum absolute atomic E-state index is 0.190. The number of hydrogen-bond donors (Lipinski definition) is 2. The van der Waals surface area contributed by atoms with Crippen LogP contribution in [0.25, 0.3) is 0 Å². The number of nitrogens with one attached hydrogen (secondary N) is 2. The molecule has 0 bridgehead atoms. The van der Waals surface area contributed by atoms with Gasteiger partial charge in [0, 0.05) is 11.1 Å². The van der Waals surface area contributed by atoms with Crippen molar-refractivity contribution < 1.29 is 18.0 Å². The first-order valence-corrected chi connectivity index (χ1v) is 6.53. The van der Waals surface area contributed by atoms with E-state index in [0.29, 0.717) is 0 Å². The maximum atomic E-state index is 12.0. The van der Waals surface area contributed by atoms with Crippen LogP contribution in [0.5, 0.6) is 0 Å². The van der Waals surface area contributed by atoms with Crippen LogP contribution in [0.3, 0.4) is 0 Å². The molecule has 0 saturated heterocycles.